The summed E-state index contributed by atoms with van der Waals surface area (Å²) in [6, 6.07) is 9.63. The molecule has 0 spiro atoms. The van der Waals surface area contributed by atoms with Crippen molar-refractivity contribution < 1.29 is 0 Å². The largest absolute Gasteiger partial charge is 0.384 e. The van der Waals surface area contributed by atoms with Gasteiger partial charge in [0.25, 0.3) is 0 Å². The maximum atomic E-state index is 3.57. The average Bonchev–Trinajstić information content (AvgIpc) is 2.49. The number of nitrogens with one attached hydrogen (secondary N) is 1. The summed E-state index contributed by atoms with van der Waals surface area (Å²) in [6.45, 7) is 5.73. The fourth-order valence-corrected chi connectivity index (χ4v) is 4.02. The Hall–Kier alpha value is -1.02. The first-order valence-corrected chi connectivity index (χ1v) is 8.37. The lowest BCUT2D eigenvalue weighted by Gasteiger charge is -2.44. The van der Waals surface area contributed by atoms with Gasteiger partial charge < -0.3 is 5.32 Å². The Bertz CT molecular complexity index is 410. The van der Waals surface area contributed by atoms with E-state index in [4.69, 9.17) is 0 Å². The van der Waals surface area contributed by atoms with Crippen LogP contribution in [0.1, 0.15) is 44.1 Å². The number of hydrogen-bond donors (Lipinski definition) is 1. The molecule has 110 valence electrons. The molecule has 0 radical (unpaired) electrons. The second-order valence-electron chi connectivity index (χ2n) is 6.58. The summed E-state index contributed by atoms with van der Waals surface area (Å²) >= 11 is 0. The van der Waals surface area contributed by atoms with Crippen molar-refractivity contribution in [2.45, 2.75) is 51.5 Å². The van der Waals surface area contributed by atoms with E-state index in [2.05, 4.69) is 41.4 Å². The number of hydrogen-bond acceptors (Lipinski definition) is 2. The minimum absolute atomic E-state index is 0.886. The van der Waals surface area contributed by atoms with Crippen LogP contribution in [0.15, 0.2) is 24.3 Å². The first kappa shape index (κ1) is 13.9. The van der Waals surface area contributed by atoms with Crippen LogP contribution in [-0.2, 0) is 0 Å². The Morgan fingerprint density at radius 1 is 1.05 bits per heavy atom. The van der Waals surface area contributed by atoms with Crippen molar-refractivity contribution in [1.29, 1.82) is 0 Å². The zero-order valence-electron chi connectivity index (χ0n) is 12.8. The third kappa shape index (κ3) is 3.35. The molecular formula is C18H28N2. The Labute approximate surface area is 123 Å². The van der Waals surface area contributed by atoms with Crippen molar-refractivity contribution in [3.8, 4) is 0 Å². The molecule has 1 aliphatic heterocycles. The minimum Gasteiger partial charge on any atom is -0.384 e. The molecule has 0 aromatic heterocycles. The van der Waals surface area contributed by atoms with E-state index in [9.17, 15) is 0 Å². The van der Waals surface area contributed by atoms with Crippen LogP contribution in [0.4, 0.5) is 5.69 Å². The minimum atomic E-state index is 0.886. The number of likely N-dealkylation sites (tertiary alicyclic amines) is 1. The molecule has 2 nitrogen and oxygen atoms in total. The summed E-state index contributed by atoms with van der Waals surface area (Å²) in [7, 11) is 0. The maximum Gasteiger partial charge on any atom is 0.0340 e. The lowest BCUT2D eigenvalue weighted by molar-refractivity contribution is 0.0645. The van der Waals surface area contributed by atoms with Crippen LogP contribution < -0.4 is 5.32 Å². The molecule has 2 atom stereocenters. The topological polar surface area (TPSA) is 15.3 Å². The van der Waals surface area contributed by atoms with Crippen LogP contribution in [0, 0.1) is 12.8 Å². The van der Waals surface area contributed by atoms with E-state index in [0.29, 0.717) is 0 Å². The normalized spacial score (nSPS) is 27.1. The third-order valence-electron chi connectivity index (χ3n) is 5.14. The van der Waals surface area contributed by atoms with Gasteiger partial charge in [-0.25, -0.2) is 0 Å². The standard InChI is InChI=1S/C18H28N2/c1-15-8-10-17(11-9-15)19-12-14-20-13-4-6-16-5-2-3-7-18(16)20/h8-11,16,18-19H,2-7,12-14H2,1H3. The molecule has 2 aliphatic rings. The van der Waals surface area contributed by atoms with E-state index < -0.39 is 0 Å². The van der Waals surface area contributed by atoms with E-state index >= 15 is 0 Å². The number of aryl methyl sites for hydroxylation is 1. The summed E-state index contributed by atoms with van der Waals surface area (Å²) in [6.07, 6.45) is 8.72. The lowest BCUT2D eigenvalue weighted by atomic mass is 9.78. The Balaban J connectivity index is 1.48. The van der Waals surface area contributed by atoms with Gasteiger partial charge in [-0.3, -0.25) is 4.90 Å². The molecule has 3 rings (SSSR count). The highest BCUT2D eigenvalue weighted by Crippen LogP contribution is 2.34. The molecule has 20 heavy (non-hydrogen) atoms. The number of benzene rings is 1. The van der Waals surface area contributed by atoms with Gasteiger partial charge in [0.2, 0.25) is 0 Å². The fourth-order valence-electron chi connectivity index (χ4n) is 4.02. The number of nitrogens with zero attached hydrogens (tertiary/aromatic N) is 1. The third-order valence-corrected chi connectivity index (χ3v) is 5.14. The van der Waals surface area contributed by atoms with Gasteiger partial charge in [-0.05, 0) is 57.2 Å². The summed E-state index contributed by atoms with van der Waals surface area (Å²) in [5, 5.41) is 3.57. The van der Waals surface area contributed by atoms with Crippen LogP contribution in [0.25, 0.3) is 0 Å². The van der Waals surface area contributed by atoms with Crippen LogP contribution in [0.2, 0.25) is 0 Å². The zero-order valence-corrected chi connectivity index (χ0v) is 12.8. The molecule has 2 heteroatoms. The molecule has 1 aromatic rings. The molecule has 2 unspecified atom stereocenters. The highest BCUT2D eigenvalue weighted by atomic mass is 15.2. The van der Waals surface area contributed by atoms with Crippen LogP contribution >= 0.6 is 0 Å². The van der Waals surface area contributed by atoms with Gasteiger partial charge in [-0.15, -0.1) is 0 Å². The molecule has 1 saturated carbocycles. The first-order chi connectivity index (χ1) is 9.83. The second-order valence-corrected chi connectivity index (χ2v) is 6.58. The quantitative estimate of drug-likeness (QED) is 0.889. The maximum absolute atomic E-state index is 3.57. The van der Waals surface area contributed by atoms with E-state index in [0.717, 1.165) is 18.5 Å². The van der Waals surface area contributed by atoms with Gasteiger partial charge >= 0.3 is 0 Å². The lowest BCUT2D eigenvalue weighted by Crippen LogP contribution is -2.48. The SMILES string of the molecule is Cc1ccc(NCCN2CCCC3CCCCC32)cc1. The Morgan fingerprint density at radius 2 is 1.80 bits per heavy atom. The van der Waals surface area contributed by atoms with Gasteiger partial charge in [0.15, 0.2) is 0 Å². The van der Waals surface area contributed by atoms with Gasteiger partial charge in [-0.2, -0.15) is 0 Å². The summed E-state index contributed by atoms with van der Waals surface area (Å²) in [5.41, 5.74) is 2.59. The van der Waals surface area contributed by atoms with E-state index in [1.807, 2.05) is 0 Å². The smallest absolute Gasteiger partial charge is 0.0340 e. The molecule has 1 aromatic carbocycles. The van der Waals surface area contributed by atoms with Crippen LogP contribution in [0.3, 0.4) is 0 Å². The van der Waals surface area contributed by atoms with E-state index in [-0.39, 0.29) is 0 Å². The molecular weight excluding hydrogens is 244 g/mol. The van der Waals surface area contributed by atoms with Crippen molar-refractivity contribution in [1.82, 2.24) is 4.90 Å². The zero-order chi connectivity index (χ0) is 13.8. The molecule has 0 amide bonds. The van der Waals surface area contributed by atoms with Crippen molar-refractivity contribution in [3.63, 3.8) is 0 Å². The number of anilines is 1. The predicted octanol–water partition coefficient (Wildman–Crippen LogP) is 4.06. The van der Waals surface area contributed by atoms with Gasteiger partial charge in [-0.1, -0.05) is 30.5 Å². The number of rotatable bonds is 4. The summed E-state index contributed by atoms with van der Waals surface area (Å²) in [5.74, 6) is 0.997. The van der Waals surface area contributed by atoms with Gasteiger partial charge in [0.05, 0.1) is 0 Å². The molecule has 0 bridgehead atoms. The monoisotopic (exact) mass is 272 g/mol. The van der Waals surface area contributed by atoms with Crippen LogP contribution in [-0.4, -0.2) is 30.6 Å². The molecule has 1 aliphatic carbocycles. The molecule has 1 heterocycles. The molecule has 2 fully saturated rings. The van der Waals surface area contributed by atoms with Gasteiger partial charge in [0.1, 0.15) is 0 Å². The summed E-state index contributed by atoms with van der Waals surface area (Å²) in [4.78, 5) is 2.76. The van der Waals surface area contributed by atoms with E-state index in [1.54, 1.807) is 0 Å². The fraction of sp³-hybridized carbons (Fsp3) is 0.667. The van der Waals surface area contributed by atoms with Crippen molar-refractivity contribution in [3.05, 3.63) is 29.8 Å². The predicted molar refractivity (Wildman–Crippen MR) is 86.2 cm³/mol. The van der Waals surface area contributed by atoms with E-state index in [1.165, 1.54) is 62.9 Å². The Kier molecular flexibility index (Phi) is 4.62. The van der Waals surface area contributed by atoms with Crippen LogP contribution in [0.5, 0.6) is 0 Å². The highest BCUT2D eigenvalue weighted by molar-refractivity contribution is 5.44. The number of fused-ring (bicyclic) bond motifs is 1. The second kappa shape index (κ2) is 6.62. The summed E-state index contributed by atoms with van der Waals surface area (Å²) < 4.78 is 0. The highest BCUT2D eigenvalue weighted by Gasteiger charge is 2.32. The van der Waals surface area contributed by atoms with Crippen molar-refractivity contribution in [2.75, 3.05) is 25.0 Å². The first-order valence-electron chi connectivity index (χ1n) is 8.37. The molecule has 1 saturated heterocycles. The Morgan fingerprint density at radius 3 is 2.65 bits per heavy atom. The number of piperidine rings is 1. The van der Waals surface area contributed by atoms with Gasteiger partial charge in [0, 0.05) is 24.8 Å². The van der Waals surface area contributed by atoms with Crippen molar-refractivity contribution in [2.24, 2.45) is 5.92 Å². The molecule has 1 N–H and O–H groups in total. The average molecular weight is 272 g/mol. The van der Waals surface area contributed by atoms with Crippen molar-refractivity contribution >= 4 is 5.69 Å².